The third kappa shape index (κ3) is 3.81. The van der Waals surface area contributed by atoms with Gasteiger partial charge in [-0.1, -0.05) is 15.9 Å². The van der Waals surface area contributed by atoms with Gasteiger partial charge in [-0.25, -0.2) is 0 Å². The van der Waals surface area contributed by atoms with Gasteiger partial charge in [0.2, 0.25) is 5.91 Å². The van der Waals surface area contributed by atoms with Gasteiger partial charge in [0.05, 0.1) is 0 Å². The standard InChI is InChI=1S/C21H35BrN2O/c1-18(2)10-16(11-19(3,4)24-18)23-17(25)12-20-6-14-5-15(7-20)9-21(22,8-14)13-20/h14-16,24H,5-13H2,1-4H3,(H,23,25)/t14-,15-,20?,21?/m1/s1. The van der Waals surface area contributed by atoms with Crippen molar-refractivity contribution in [1.29, 1.82) is 0 Å². The second kappa shape index (κ2) is 5.70. The van der Waals surface area contributed by atoms with Gasteiger partial charge in [0.1, 0.15) is 0 Å². The van der Waals surface area contributed by atoms with Gasteiger partial charge < -0.3 is 10.6 Å². The van der Waals surface area contributed by atoms with Crippen LogP contribution in [0, 0.1) is 17.3 Å². The molecule has 25 heavy (non-hydrogen) atoms. The molecule has 142 valence electrons. The van der Waals surface area contributed by atoms with Crippen LogP contribution in [0.2, 0.25) is 0 Å². The molecule has 1 saturated heterocycles. The fourth-order valence-electron chi connectivity index (χ4n) is 7.59. The fourth-order valence-corrected chi connectivity index (χ4v) is 9.10. The van der Waals surface area contributed by atoms with Crippen LogP contribution < -0.4 is 10.6 Å². The molecule has 0 aromatic carbocycles. The first kappa shape index (κ1) is 18.3. The van der Waals surface area contributed by atoms with E-state index in [-0.39, 0.29) is 16.5 Å². The summed E-state index contributed by atoms with van der Waals surface area (Å²) in [6.45, 7) is 9.00. The lowest BCUT2D eigenvalue weighted by molar-refractivity contribution is -0.129. The van der Waals surface area contributed by atoms with Gasteiger partial charge in [-0.2, -0.15) is 0 Å². The molecule has 4 bridgehead atoms. The van der Waals surface area contributed by atoms with E-state index in [1.807, 2.05) is 0 Å². The second-order valence-corrected chi connectivity index (χ2v) is 13.0. The summed E-state index contributed by atoms with van der Waals surface area (Å²) in [5.74, 6) is 2.01. The minimum absolute atomic E-state index is 0.0836. The van der Waals surface area contributed by atoms with E-state index >= 15 is 0 Å². The highest BCUT2D eigenvalue weighted by atomic mass is 79.9. The van der Waals surface area contributed by atoms with Gasteiger partial charge >= 0.3 is 0 Å². The van der Waals surface area contributed by atoms with Crippen molar-refractivity contribution in [3.8, 4) is 0 Å². The maximum Gasteiger partial charge on any atom is 0.220 e. The van der Waals surface area contributed by atoms with E-state index in [1.54, 1.807) is 0 Å². The maximum absolute atomic E-state index is 13.0. The van der Waals surface area contributed by atoms with E-state index in [2.05, 4.69) is 54.3 Å². The van der Waals surface area contributed by atoms with Crippen molar-refractivity contribution in [3.05, 3.63) is 0 Å². The fraction of sp³-hybridized carbons (Fsp3) is 0.952. The Kier molecular flexibility index (Phi) is 4.17. The molecule has 1 heterocycles. The summed E-state index contributed by atoms with van der Waals surface area (Å²) in [5.41, 5.74) is 0.441. The molecule has 0 aromatic heterocycles. The molecule has 5 rings (SSSR count). The van der Waals surface area contributed by atoms with Crippen LogP contribution in [0.15, 0.2) is 0 Å². The van der Waals surface area contributed by atoms with Gasteiger partial charge in [0, 0.05) is 27.9 Å². The highest BCUT2D eigenvalue weighted by Gasteiger charge is 2.57. The quantitative estimate of drug-likeness (QED) is 0.670. The maximum atomic E-state index is 13.0. The molecule has 0 radical (unpaired) electrons. The molecule has 1 amide bonds. The van der Waals surface area contributed by atoms with Crippen LogP contribution in [0.25, 0.3) is 0 Å². The van der Waals surface area contributed by atoms with Gasteiger partial charge in [-0.3, -0.25) is 4.79 Å². The molecule has 4 aliphatic carbocycles. The topological polar surface area (TPSA) is 41.1 Å². The van der Waals surface area contributed by atoms with Crippen LogP contribution >= 0.6 is 15.9 Å². The minimum Gasteiger partial charge on any atom is -0.353 e. The molecule has 2 N–H and O–H groups in total. The molecule has 5 fully saturated rings. The molecule has 4 heteroatoms. The molecule has 4 saturated carbocycles. The van der Waals surface area contributed by atoms with Crippen LogP contribution in [-0.2, 0) is 4.79 Å². The minimum atomic E-state index is 0.0836. The van der Waals surface area contributed by atoms with Crippen molar-refractivity contribution in [2.24, 2.45) is 17.3 Å². The number of hydrogen-bond acceptors (Lipinski definition) is 2. The third-order valence-electron chi connectivity index (χ3n) is 7.20. The molecular formula is C21H35BrN2O. The first-order valence-electron chi connectivity index (χ1n) is 10.2. The van der Waals surface area contributed by atoms with Crippen LogP contribution in [0.4, 0.5) is 0 Å². The normalized spacial score (nSPS) is 44.7. The zero-order valence-electron chi connectivity index (χ0n) is 16.4. The molecule has 0 spiro atoms. The number of rotatable bonds is 3. The van der Waals surface area contributed by atoms with E-state index in [4.69, 9.17) is 0 Å². The lowest BCUT2D eigenvalue weighted by atomic mass is 9.48. The van der Waals surface area contributed by atoms with E-state index in [1.165, 1.54) is 38.5 Å². The number of alkyl halides is 1. The SMILES string of the molecule is CC1(C)CC(NC(=O)CC23C[C@H]4C[C@@H](CC(Br)(C4)C2)C3)CC(C)(C)N1. The lowest BCUT2D eigenvalue weighted by Gasteiger charge is -2.60. The van der Waals surface area contributed by atoms with Gasteiger partial charge in [0.25, 0.3) is 0 Å². The van der Waals surface area contributed by atoms with E-state index in [0.29, 0.717) is 16.3 Å². The summed E-state index contributed by atoms with van der Waals surface area (Å²) in [5, 5.41) is 7.13. The highest BCUT2D eigenvalue weighted by Crippen LogP contribution is 2.65. The zero-order valence-corrected chi connectivity index (χ0v) is 18.0. The number of carbonyl (C=O) groups excluding carboxylic acids is 1. The Morgan fingerprint density at radius 2 is 1.56 bits per heavy atom. The first-order chi connectivity index (χ1) is 11.5. The molecule has 5 aliphatic rings. The number of hydrogen-bond donors (Lipinski definition) is 2. The van der Waals surface area contributed by atoms with Crippen molar-refractivity contribution in [2.75, 3.05) is 0 Å². The highest BCUT2D eigenvalue weighted by molar-refractivity contribution is 9.10. The monoisotopic (exact) mass is 410 g/mol. The summed E-state index contributed by atoms with van der Waals surface area (Å²) < 4.78 is 0.343. The smallest absolute Gasteiger partial charge is 0.220 e. The summed E-state index contributed by atoms with van der Waals surface area (Å²) in [4.78, 5) is 13.0. The van der Waals surface area contributed by atoms with Crippen molar-refractivity contribution in [1.82, 2.24) is 10.6 Å². The number of nitrogens with one attached hydrogen (secondary N) is 2. The second-order valence-electron chi connectivity index (χ2n) is 11.4. The van der Waals surface area contributed by atoms with Crippen molar-refractivity contribution in [2.45, 2.75) is 107 Å². The van der Waals surface area contributed by atoms with Gasteiger partial charge in [0.15, 0.2) is 0 Å². The first-order valence-corrected chi connectivity index (χ1v) is 11.0. The zero-order chi connectivity index (χ0) is 18.1. The van der Waals surface area contributed by atoms with E-state index in [0.717, 1.165) is 31.1 Å². The Morgan fingerprint density at radius 1 is 1.00 bits per heavy atom. The Morgan fingerprint density at radius 3 is 2.08 bits per heavy atom. The van der Waals surface area contributed by atoms with E-state index in [9.17, 15) is 4.79 Å². The molecule has 0 aromatic rings. The predicted octanol–water partition coefficient (Wildman–Crippen LogP) is 4.54. The van der Waals surface area contributed by atoms with Crippen molar-refractivity contribution >= 4 is 21.8 Å². The Hall–Kier alpha value is -0.0900. The Bertz CT molecular complexity index is 540. The average molecular weight is 411 g/mol. The molecule has 3 nitrogen and oxygen atoms in total. The molecular weight excluding hydrogens is 376 g/mol. The number of piperidine rings is 1. The summed E-state index contributed by atoms with van der Waals surface area (Å²) in [6, 6.07) is 0.297. The van der Waals surface area contributed by atoms with Crippen LogP contribution in [0.5, 0.6) is 0 Å². The van der Waals surface area contributed by atoms with Crippen LogP contribution in [0.3, 0.4) is 0 Å². The van der Waals surface area contributed by atoms with Crippen molar-refractivity contribution in [3.63, 3.8) is 0 Å². The Labute approximate surface area is 161 Å². The number of halogens is 1. The largest absolute Gasteiger partial charge is 0.353 e. The van der Waals surface area contributed by atoms with Gasteiger partial charge in [-0.15, -0.1) is 0 Å². The third-order valence-corrected chi connectivity index (χ3v) is 8.13. The Balaban J connectivity index is 1.41. The summed E-state index contributed by atoms with van der Waals surface area (Å²) in [6.07, 6.45) is 10.6. The summed E-state index contributed by atoms with van der Waals surface area (Å²) in [7, 11) is 0. The van der Waals surface area contributed by atoms with Gasteiger partial charge in [-0.05, 0) is 96.3 Å². The predicted molar refractivity (Wildman–Crippen MR) is 106 cm³/mol. The van der Waals surface area contributed by atoms with Crippen LogP contribution in [0.1, 0.15) is 85.5 Å². The summed E-state index contributed by atoms with van der Waals surface area (Å²) >= 11 is 4.07. The van der Waals surface area contributed by atoms with E-state index < -0.39 is 0 Å². The average Bonchev–Trinajstić information content (AvgIpc) is 2.29. The molecule has 0 unspecified atom stereocenters. The van der Waals surface area contributed by atoms with Crippen LogP contribution in [-0.4, -0.2) is 27.4 Å². The number of carbonyl (C=O) groups is 1. The molecule has 1 aliphatic heterocycles. The molecule has 2 atom stereocenters. The number of amides is 1. The lowest BCUT2D eigenvalue weighted by Crippen LogP contribution is -2.62. The van der Waals surface area contributed by atoms with Crippen molar-refractivity contribution < 1.29 is 4.79 Å².